The van der Waals surface area contributed by atoms with Crippen LogP contribution in [-0.2, 0) is 13.1 Å². The van der Waals surface area contributed by atoms with Gasteiger partial charge in [0.1, 0.15) is 5.75 Å². The van der Waals surface area contributed by atoms with Gasteiger partial charge < -0.3 is 10.5 Å². The van der Waals surface area contributed by atoms with E-state index in [1.54, 1.807) is 18.2 Å². The van der Waals surface area contributed by atoms with Crippen LogP contribution < -0.4 is 10.5 Å². The van der Waals surface area contributed by atoms with Gasteiger partial charge in [0, 0.05) is 18.7 Å². The highest BCUT2D eigenvalue weighted by atomic mass is 19.4. The first-order valence-electron chi connectivity index (χ1n) is 5.47. The van der Waals surface area contributed by atoms with E-state index in [1.165, 1.54) is 19.1 Å². The molecule has 0 amide bonds. The Morgan fingerprint density at radius 3 is 2.50 bits per heavy atom. The summed E-state index contributed by atoms with van der Waals surface area (Å²) in [6, 6.07) is 5.23. The maximum atomic E-state index is 12.2. The molecule has 0 aliphatic carbocycles. The third-order valence-electron chi connectivity index (χ3n) is 2.47. The summed E-state index contributed by atoms with van der Waals surface area (Å²) >= 11 is 0. The van der Waals surface area contributed by atoms with Crippen LogP contribution in [-0.4, -0.2) is 31.8 Å². The number of benzene rings is 1. The SMILES string of the molecule is COc1ccc(CN(C)CC(F)(F)F)cc1CN. The predicted octanol–water partition coefficient (Wildman–Crippen LogP) is 2.15. The number of nitrogens with zero attached hydrogens (tertiary/aromatic N) is 1. The van der Waals surface area contributed by atoms with Crippen molar-refractivity contribution in [3.8, 4) is 5.75 Å². The standard InChI is InChI=1S/C12H17F3N2O/c1-17(8-12(13,14)15)7-9-3-4-11(18-2)10(5-9)6-16/h3-5H,6-8,16H2,1-2H3. The Kier molecular flexibility index (Phi) is 4.98. The summed E-state index contributed by atoms with van der Waals surface area (Å²) in [6.07, 6.45) is -4.18. The lowest BCUT2D eigenvalue weighted by atomic mass is 10.1. The largest absolute Gasteiger partial charge is 0.496 e. The minimum absolute atomic E-state index is 0.219. The average molecular weight is 262 g/mol. The second kappa shape index (κ2) is 6.06. The van der Waals surface area contributed by atoms with E-state index >= 15 is 0 Å². The summed E-state index contributed by atoms with van der Waals surface area (Å²) in [5, 5.41) is 0. The van der Waals surface area contributed by atoms with E-state index < -0.39 is 12.7 Å². The van der Waals surface area contributed by atoms with E-state index in [2.05, 4.69) is 0 Å². The fraction of sp³-hybridized carbons (Fsp3) is 0.500. The summed E-state index contributed by atoms with van der Waals surface area (Å²) in [4.78, 5) is 1.21. The highest BCUT2D eigenvalue weighted by Gasteiger charge is 2.29. The van der Waals surface area contributed by atoms with Gasteiger partial charge in [0.15, 0.2) is 0 Å². The molecule has 0 aliphatic rings. The van der Waals surface area contributed by atoms with Crippen LogP contribution in [0.5, 0.6) is 5.75 Å². The Hall–Kier alpha value is -1.27. The van der Waals surface area contributed by atoms with Crippen molar-refractivity contribution in [2.45, 2.75) is 19.3 Å². The molecule has 1 aromatic rings. The van der Waals surface area contributed by atoms with Crippen molar-refractivity contribution in [1.82, 2.24) is 4.90 Å². The lowest BCUT2D eigenvalue weighted by molar-refractivity contribution is -0.144. The molecule has 0 aliphatic heterocycles. The Bertz CT molecular complexity index is 393. The topological polar surface area (TPSA) is 38.5 Å². The van der Waals surface area contributed by atoms with Gasteiger partial charge >= 0.3 is 6.18 Å². The van der Waals surface area contributed by atoms with Crippen LogP contribution in [0.1, 0.15) is 11.1 Å². The first-order valence-corrected chi connectivity index (χ1v) is 5.47. The molecule has 0 radical (unpaired) electrons. The van der Waals surface area contributed by atoms with E-state index in [0.29, 0.717) is 12.3 Å². The molecule has 0 unspecified atom stereocenters. The summed E-state index contributed by atoms with van der Waals surface area (Å²) in [5.74, 6) is 0.653. The summed E-state index contributed by atoms with van der Waals surface area (Å²) < 4.78 is 41.7. The van der Waals surface area contributed by atoms with Crippen LogP contribution in [0.25, 0.3) is 0 Å². The molecule has 2 N–H and O–H groups in total. The number of hydrogen-bond donors (Lipinski definition) is 1. The van der Waals surface area contributed by atoms with Gasteiger partial charge in [-0.1, -0.05) is 6.07 Å². The molecule has 0 aromatic heterocycles. The smallest absolute Gasteiger partial charge is 0.401 e. The van der Waals surface area contributed by atoms with Crippen molar-refractivity contribution < 1.29 is 17.9 Å². The maximum absolute atomic E-state index is 12.2. The van der Waals surface area contributed by atoms with Crippen molar-refractivity contribution in [3.05, 3.63) is 29.3 Å². The molecule has 0 heterocycles. The maximum Gasteiger partial charge on any atom is 0.401 e. The lowest BCUT2D eigenvalue weighted by Gasteiger charge is -2.19. The molecule has 3 nitrogen and oxygen atoms in total. The van der Waals surface area contributed by atoms with Crippen LogP contribution in [0.4, 0.5) is 13.2 Å². The molecule has 6 heteroatoms. The molecule has 0 atom stereocenters. The van der Waals surface area contributed by atoms with E-state index in [4.69, 9.17) is 10.5 Å². The third-order valence-corrected chi connectivity index (χ3v) is 2.47. The second-order valence-electron chi connectivity index (χ2n) is 4.14. The molecule has 0 saturated heterocycles. The van der Waals surface area contributed by atoms with Crippen LogP contribution in [0, 0.1) is 0 Å². The van der Waals surface area contributed by atoms with Gasteiger partial charge in [0.05, 0.1) is 13.7 Å². The van der Waals surface area contributed by atoms with Crippen molar-refractivity contribution in [3.63, 3.8) is 0 Å². The van der Waals surface area contributed by atoms with Gasteiger partial charge in [0.2, 0.25) is 0 Å². The predicted molar refractivity (Wildman–Crippen MR) is 63.3 cm³/mol. The van der Waals surface area contributed by atoms with Crippen molar-refractivity contribution in [2.75, 3.05) is 20.7 Å². The zero-order valence-corrected chi connectivity index (χ0v) is 10.4. The number of methoxy groups -OCH3 is 1. The summed E-state index contributed by atoms with van der Waals surface area (Å²) in [5.41, 5.74) is 7.12. The van der Waals surface area contributed by atoms with Crippen LogP contribution in [0.3, 0.4) is 0 Å². The molecule has 102 valence electrons. The van der Waals surface area contributed by atoms with Gasteiger partial charge in [-0.3, -0.25) is 4.90 Å². The monoisotopic (exact) mass is 262 g/mol. The Labute approximate surface area is 104 Å². The van der Waals surface area contributed by atoms with Gasteiger partial charge in [-0.25, -0.2) is 0 Å². The van der Waals surface area contributed by atoms with Gasteiger partial charge in [-0.2, -0.15) is 13.2 Å². The van der Waals surface area contributed by atoms with Crippen LogP contribution in [0.2, 0.25) is 0 Å². The summed E-state index contributed by atoms with van der Waals surface area (Å²) in [7, 11) is 2.96. The third kappa shape index (κ3) is 4.54. The molecule has 0 fully saturated rings. The summed E-state index contributed by atoms with van der Waals surface area (Å²) in [6.45, 7) is -0.423. The van der Waals surface area contributed by atoms with Gasteiger partial charge in [0.25, 0.3) is 0 Å². The number of alkyl halides is 3. The minimum atomic E-state index is -4.18. The van der Waals surface area contributed by atoms with Crippen LogP contribution in [0.15, 0.2) is 18.2 Å². The van der Waals surface area contributed by atoms with E-state index in [0.717, 1.165) is 11.1 Å². The zero-order chi connectivity index (χ0) is 13.8. The number of nitrogens with two attached hydrogens (primary N) is 1. The molecular weight excluding hydrogens is 245 g/mol. The molecule has 1 aromatic carbocycles. The highest BCUT2D eigenvalue weighted by molar-refractivity contribution is 5.37. The zero-order valence-electron chi connectivity index (χ0n) is 10.4. The van der Waals surface area contributed by atoms with Gasteiger partial charge in [-0.15, -0.1) is 0 Å². The molecule has 0 spiro atoms. The van der Waals surface area contributed by atoms with Crippen molar-refractivity contribution in [2.24, 2.45) is 5.73 Å². The number of hydrogen-bond acceptors (Lipinski definition) is 3. The lowest BCUT2D eigenvalue weighted by Crippen LogP contribution is -2.30. The van der Waals surface area contributed by atoms with Crippen LogP contribution >= 0.6 is 0 Å². The van der Waals surface area contributed by atoms with Crippen molar-refractivity contribution in [1.29, 1.82) is 0 Å². The molecule has 18 heavy (non-hydrogen) atoms. The Morgan fingerprint density at radius 1 is 1.33 bits per heavy atom. The second-order valence-corrected chi connectivity index (χ2v) is 4.14. The average Bonchev–Trinajstić information content (AvgIpc) is 2.26. The quantitative estimate of drug-likeness (QED) is 0.883. The first-order chi connectivity index (χ1) is 8.35. The van der Waals surface area contributed by atoms with E-state index in [1.807, 2.05) is 0 Å². The molecular formula is C12H17F3N2O. The first kappa shape index (κ1) is 14.8. The molecule has 1 rings (SSSR count). The minimum Gasteiger partial charge on any atom is -0.496 e. The van der Waals surface area contributed by atoms with Gasteiger partial charge in [-0.05, 0) is 24.7 Å². The molecule has 0 bridgehead atoms. The molecule has 0 saturated carbocycles. The number of rotatable bonds is 5. The normalized spacial score (nSPS) is 11.9. The number of halogens is 3. The highest BCUT2D eigenvalue weighted by Crippen LogP contribution is 2.21. The fourth-order valence-electron chi connectivity index (χ4n) is 1.76. The Balaban J connectivity index is 2.73. The van der Waals surface area contributed by atoms with E-state index in [9.17, 15) is 13.2 Å². The number of ether oxygens (including phenoxy) is 1. The van der Waals surface area contributed by atoms with Crippen molar-refractivity contribution >= 4 is 0 Å². The van der Waals surface area contributed by atoms with E-state index in [-0.39, 0.29) is 6.54 Å². The fourth-order valence-corrected chi connectivity index (χ4v) is 1.76. The Morgan fingerprint density at radius 2 is 2.00 bits per heavy atom.